The first-order valence-corrected chi connectivity index (χ1v) is 12.6. The van der Waals surface area contributed by atoms with Gasteiger partial charge < -0.3 is 15.2 Å². The Morgan fingerprint density at radius 2 is 1.94 bits per heavy atom. The zero-order valence-electron chi connectivity index (χ0n) is 19.4. The van der Waals surface area contributed by atoms with Crippen molar-refractivity contribution in [2.24, 2.45) is 5.92 Å². The average molecular weight is 583 g/mol. The lowest BCUT2D eigenvalue weighted by atomic mass is 9.77. The highest BCUT2D eigenvalue weighted by atomic mass is 127. The molecule has 1 saturated carbocycles. The maximum atomic E-state index is 9.44. The number of nitrogen functional groups attached to an aromatic ring is 1. The van der Waals surface area contributed by atoms with E-state index in [4.69, 9.17) is 20.2 Å². The summed E-state index contributed by atoms with van der Waals surface area (Å²) in [6.45, 7) is 0.918. The molecular formula is C25H26IN7O2. The third-order valence-corrected chi connectivity index (χ3v) is 7.67. The Balaban J connectivity index is 1.59. The fourth-order valence-electron chi connectivity index (χ4n) is 4.67. The van der Waals surface area contributed by atoms with E-state index in [1.54, 1.807) is 17.8 Å². The molecule has 4 aromatic rings. The van der Waals surface area contributed by atoms with Gasteiger partial charge in [0.1, 0.15) is 11.4 Å². The van der Waals surface area contributed by atoms with Crippen LogP contribution in [0.2, 0.25) is 0 Å². The lowest BCUT2D eigenvalue weighted by Crippen LogP contribution is -2.37. The summed E-state index contributed by atoms with van der Waals surface area (Å²) in [4.78, 5) is 5.11. The number of halogens is 1. The summed E-state index contributed by atoms with van der Waals surface area (Å²) in [5.41, 5.74) is 10.1. The van der Waals surface area contributed by atoms with Gasteiger partial charge in [0, 0.05) is 30.4 Å². The lowest BCUT2D eigenvalue weighted by Gasteiger charge is -2.39. The molecule has 1 fully saturated rings. The maximum Gasteiger partial charge on any atom is 0.165 e. The molecule has 9 nitrogen and oxygen atoms in total. The molecule has 0 saturated heterocycles. The molecule has 0 unspecified atom stereocenters. The van der Waals surface area contributed by atoms with Gasteiger partial charge >= 0.3 is 0 Å². The standard InChI is InChI=1S/C25H26IN7O2/c1-34-11-12-35-25(9-7-17(13-27)8-10-25)22-21(26)23(28)33-24(31-22)20(15-30-33)18-14-29-32(16-18)19-5-3-2-4-6-19/h2-6,14-17H,7-12,28H2,1H3. The minimum atomic E-state index is -0.631. The number of nitriles is 1. The first-order chi connectivity index (χ1) is 17.1. The Kier molecular flexibility index (Phi) is 6.73. The minimum Gasteiger partial charge on any atom is -0.383 e. The van der Waals surface area contributed by atoms with E-state index in [-0.39, 0.29) is 5.92 Å². The van der Waals surface area contributed by atoms with Crippen molar-refractivity contribution in [3.63, 3.8) is 0 Å². The van der Waals surface area contributed by atoms with Crippen LogP contribution in [0.4, 0.5) is 5.82 Å². The van der Waals surface area contributed by atoms with Crippen LogP contribution in [-0.2, 0) is 15.1 Å². The van der Waals surface area contributed by atoms with Crippen LogP contribution in [-0.4, -0.2) is 44.7 Å². The van der Waals surface area contributed by atoms with Gasteiger partial charge in [0.15, 0.2) is 5.65 Å². The highest BCUT2D eigenvalue weighted by Crippen LogP contribution is 2.44. The van der Waals surface area contributed by atoms with Crippen molar-refractivity contribution in [1.82, 2.24) is 24.4 Å². The van der Waals surface area contributed by atoms with Crippen molar-refractivity contribution in [3.05, 3.63) is 58.2 Å². The second kappa shape index (κ2) is 9.93. The third kappa shape index (κ3) is 4.39. The molecular weight excluding hydrogens is 557 g/mol. The Bertz CT molecular complexity index is 1370. The number of nitrogens with two attached hydrogens (primary N) is 1. The number of methoxy groups -OCH3 is 1. The number of para-hydroxylation sites is 1. The number of nitrogens with zero attached hydrogens (tertiary/aromatic N) is 6. The van der Waals surface area contributed by atoms with E-state index < -0.39 is 5.60 Å². The van der Waals surface area contributed by atoms with Crippen LogP contribution in [0.15, 0.2) is 48.9 Å². The van der Waals surface area contributed by atoms with Gasteiger partial charge in [-0.05, 0) is 60.4 Å². The van der Waals surface area contributed by atoms with Crippen molar-refractivity contribution in [3.8, 4) is 22.9 Å². The highest BCUT2D eigenvalue weighted by molar-refractivity contribution is 14.1. The fraction of sp³-hybridized carbons (Fsp3) is 0.360. The van der Waals surface area contributed by atoms with Crippen LogP contribution in [0, 0.1) is 20.8 Å². The van der Waals surface area contributed by atoms with Crippen LogP contribution < -0.4 is 5.73 Å². The summed E-state index contributed by atoms with van der Waals surface area (Å²) < 4.78 is 16.0. The summed E-state index contributed by atoms with van der Waals surface area (Å²) in [7, 11) is 1.66. The predicted molar refractivity (Wildman–Crippen MR) is 140 cm³/mol. The quantitative estimate of drug-likeness (QED) is 0.254. The summed E-state index contributed by atoms with van der Waals surface area (Å²) in [6, 6.07) is 12.3. The first-order valence-electron chi connectivity index (χ1n) is 11.5. The maximum absolute atomic E-state index is 9.44. The molecule has 5 rings (SSSR count). The van der Waals surface area contributed by atoms with Crippen LogP contribution in [0.5, 0.6) is 0 Å². The topological polar surface area (TPSA) is 116 Å². The molecule has 180 valence electrons. The molecule has 10 heteroatoms. The monoisotopic (exact) mass is 583 g/mol. The zero-order valence-corrected chi connectivity index (χ0v) is 21.6. The molecule has 3 heterocycles. The molecule has 0 amide bonds. The fourth-order valence-corrected chi connectivity index (χ4v) is 5.51. The predicted octanol–water partition coefficient (Wildman–Crippen LogP) is 4.34. The Morgan fingerprint density at radius 3 is 2.66 bits per heavy atom. The molecule has 3 aromatic heterocycles. The lowest BCUT2D eigenvalue weighted by molar-refractivity contribution is -0.0966. The van der Waals surface area contributed by atoms with E-state index >= 15 is 0 Å². The van der Waals surface area contributed by atoms with E-state index in [1.165, 1.54) is 0 Å². The average Bonchev–Trinajstić information content (AvgIpc) is 3.55. The van der Waals surface area contributed by atoms with Gasteiger partial charge in [-0.25, -0.2) is 9.67 Å². The molecule has 1 aliphatic rings. The number of benzene rings is 1. The zero-order chi connectivity index (χ0) is 24.4. The number of rotatable bonds is 7. The van der Waals surface area contributed by atoms with Gasteiger partial charge in [-0.2, -0.15) is 20.0 Å². The van der Waals surface area contributed by atoms with Crippen molar-refractivity contribution in [1.29, 1.82) is 5.26 Å². The molecule has 0 radical (unpaired) electrons. The SMILES string of the molecule is COCCOC1(c2nc3c(-c4cnn(-c5ccccc5)c4)cnn3c(N)c2I)CCC(C#N)CC1. The highest BCUT2D eigenvalue weighted by Gasteiger charge is 2.42. The molecule has 1 aliphatic carbocycles. The molecule has 2 N–H and O–H groups in total. The van der Waals surface area contributed by atoms with E-state index in [0.717, 1.165) is 38.9 Å². The molecule has 0 bridgehead atoms. The summed E-state index contributed by atoms with van der Waals surface area (Å²) in [5, 5.41) is 18.5. The van der Waals surface area contributed by atoms with Crippen LogP contribution in [0.25, 0.3) is 22.5 Å². The summed E-state index contributed by atoms with van der Waals surface area (Å²) in [5.74, 6) is 0.548. The largest absolute Gasteiger partial charge is 0.383 e. The van der Waals surface area contributed by atoms with Gasteiger partial charge in [0.2, 0.25) is 0 Å². The smallest absolute Gasteiger partial charge is 0.165 e. The molecule has 0 spiro atoms. The number of fused-ring (bicyclic) bond motifs is 1. The number of anilines is 1. The molecule has 0 aliphatic heterocycles. The van der Waals surface area contributed by atoms with Crippen LogP contribution >= 0.6 is 22.6 Å². The summed E-state index contributed by atoms with van der Waals surface area (Å²) >= 11 is 2.24. The molecule has 0 atom stereocenters. The second-order valence-corrected chi connectivity index (χ2v) is 9.78. The van der Waals surface area contributed by atoms with E-state index in [9.17, 15) is 5.26 Å². The van der Waals surface area contributed by atoms with Crippen LogP contribution in [0.1, 0.15) is 31.4 Å². The van der Waals surface area contributed by atoms with Gasteiger partial charge in [-0.15, -0.1) is 0 Å². The molecule has 1 aromatic carbocycles. The van der Waals surface area contributed by atoms with E-state index in [0.29, 0.717) is 37.5 Å². The molecule has 35 heavy (non-hydrogen) atoms. The third-order valence-electron chi connectivity index (χ3n) is 6.61. The number of hydrogen-bond donors (Lipinski definition) is 1. The van der Waals surface area contributed by atoms with Crippen molar-refractivity contribution in [2.45, 2.75) is 31.3 Å². The number of hydrogen-bond acceptors (Lipinski definition) is 7. The normalized spacial score (nSPS) is 20.2. The van der Waals surface area contributed by atoms with Gasteiger partial charge in [0.05, 0.1) is 46.6 Å². The van der Waals surface area contributed by atoms with Crippen molar-refractivity contribution < 1.29 is 9.47 Å². The van der Waals surface area contributed by atoms with Gasteiger partial charge in [0.25, 0.3) is 0 Å². The Morgan fingerprint density at radius 1 is 1.17 bits per heavy atom. The van der Waals surface area contributed by atoms with Gasteiger partial charge in [-0.1, -0.05) is 18.2 Å². The minimum absolute atomic E-state index is 0.0299. The van der Waals surface area contributed by atoms with E-state index in [2.05, 4.69) is 38.9 Å². The first kappa shape index (κ1) is 23.7. The van der Waals surface area contributed by atoms with Gasteiger partial charge in [-0.3, -0.25) is 0 Å². The second-order valence-electron chi connectivity index (χ2n) is 8.70. The van der Waals surface area contributed by atoms with E-state index in [1.807, 2.05) is 47.4 Å². The number of aromatic nitrogens is 5. The Hall–Kier alpha value is -3.01. The van der Waals surface area contributed by atoms with Crippen LogP contribution in [0.3, 0.4) is 0 Å². The Labute approximate surface area is 217 Å². The van der Waals surface area contributed by atoms with Crippen molar-refractivity contribution >= 4 is 34.1 Å². The van der Waals surface area contributed by atoms with Crippen molar-refractivity contribution in [2.75, 3.05) is 26.1 Å². The summed E-state index contributed by atoms with van der Waals surface area (Å²) in [6.07, 6.45) is 8.44. The number of ether oxygens (including phenoxy) is 2.